The Bertz CT molecular complexity index is 560. The molecule has 5 nitrogen and oxygen atoms in total. The number of rotatable bonds is 3. The average molecular weight is 230 g/mol. The molecule has 5 heteroatoms. The summed E-state index contributed by atoms with van der Waals surface area (Å²) in [7, 11) is 0. The third-order valence-electron chi connectivity index (χ3n) is 2.62. The molecule has 0 aliphatic carbocycles. The number of nitrogens with two attached hydrogens (primary N) is 1. The zero-order valence-corrected chi connectivity index (χ0v) is 9.77. The van der Waals surface area contributed by atoms with Gasteiger partial charge < -0.3 is 11.1 Å². The first-order valence-corrected chi connectivity index (χ1v) is 5.29. The number of nitrogens with zero attached hydrogens (tertiary/aromatic N) is 2. The Morgan fingerprint density at radius 2 is 2.06 bits per heavy atom. The summed E-state index contributed by atoms with van der Waals surface area (Å²) < 4.78 is 0. The lowest BCUT2D eigenvalue weighted by Gasteiger charge is -2.23. The lowest BCUT2D eigenvalue weighted by atomic mass is 10.0. The minimum Gasteiger partial charge on any atom is -0.368 e. The number of amides is 1. The average Bonchev–Trinajstić information content (AvgIpc) is 2.29. The molecule has 88 valence electrons. The van der Waals surface area contributed by atoms with Gasteiger partial charge >= 0.3 is 0 Å². The highest BCUT2D eigenvalue weighted by Gasteiger charge is 2.25. The van der Waals surface area contributed by atoms with Gasteiger partial charge in [-0.25, -0.2) is 0 Å². The van der Waals surface area contributed by atoms with Crippen molar-refractivity contribution in [3.05, 3.63) is 30.5 Å². The Hall–Kier alpha value is -2.17. The van der Waals surface area contributed by atoms with Crippen LogP contribution >= 0.6 is 0 Å². The highest BCUT2D eigenvalue weighted by molar-refractivity contribution is 5.94. The van der Waals surface area contributed by atoms with Crippen molar-refractivity contribution in [1.29, 1.82) is 0 Å². The molecule has 0 unspecified atom stereocenters. The summed E-state index contributed by atoms with van der Waals surface area (Å²) in [5.41, 5.74) is 4.45. The van der Waals surface area contributed by atoms with Crippen LogP contribution in [0.5, 0.6) is 0 Å². The molecule has 0 saturated heterocycles. The van der Waals surface area contributed by atoms with Crippen molar-refractivity contribution >= 4 is 22.5 Å². The molecule has 2 rings (SSSR count). The minimum absolute atomic E-state index is 0.438. The Morgan fingerprint density at radius 1 is 1.35 bits per heavy atom. The number of carbonyl (C=O) groups is 1. The smallest absolute Gasteiger partial charge is 0.242 e. The van der Waals surface area contributed by atoms with Crippen LogP contribution in [-0.4, -0.2) is 21.6 Å². The number of fused-ring (bicyclic) bond motifs is 1. The van der Waals surface area contributed by atoms with Crippen molar-refractivity contribution in [2.75, 3.05) is 5.32 Å². The van der Waals surface area contributed by atoms with Crippen molar-refractivity contribution in [1.82, 2.24) is 10.2 Å². The number of aromatic nitrogens is 2. The zero-order valence-electron chi connectivity index (χ0n) is 9.77. The van der Waals surface area contributed by atoms with Gasteiger partial charge in [0.15, 0.2) is 5.82 Å². The van der Waals surface area contributed by atoms with Crippen LogP contribution < -0.4 is 11.1 Å². The predicted octanol–water partition coefficient (Wildman–Crippen LogP) is 1.31. The fraction of sp³-hybridized carbons (Fsp3) is 0.250. The Morgan fingerprint density at radius 3 is 2.76 bits per heavy atom. The van der Waals surface area contributed by atoms with Crippen LogP contribution in [0.15, 0.2) is 30.5 Å². The first-order valence-electron chi connectivity index (χ1n) is 5.29. The van der Waals surface area contributed by atoms with E-state index in [2.05, 4.69) is 15.5 Å². The first-order chi connectivity index (χ1) is 8.00. The molecule has 0 bridgehead atoms. The van der Waals surface area contributed by atoms with E-state index in [1.807, 2.05) is 24.3 Å². The number of benzene rings is 1. The fourth-order valence-electron chi connectivity index (χ4n) is 1.48. The Balaban J connectivity index is 2.46. The van der Waals surface area contributed by atoms with Crippen LogP contribution in [-0.2, 0) is 4.79 Å². The second-order valence-electron chi connectivity index (χ2n) is 4.39. The molecular formula is C12H14N4O. The van der Waals surface area contributed by atoms with Gasteiger partial charge in [0.2, 0.25) is 5.91 Å². The first kappa shape index (κ1) is 11.3. The van der Waals surface area contributed by atoms with Gasteiger partial charge in [-0.05, 0) is 13.8 Å². The van der Waals surface area contributed by atoms with Crippen LogP contribution in [0.4, 0.5) is 5.82 Å². The molecule has 0 aliphatic heterocycles. The molecule has 2 aromatic rings. The van der Waals surface area contributed by atoms with Gasteiger partial charge in [-0.15, -0.1) is 5.10 Å². The molecule has 0 saturated carbocycles. The molecule has 0 aliphatic rings. The summed E-state index contributed by atoms with van der Waals surface area (Å²) in [6, 6.07) is 7.69. The number of carbonyl (C=O) groups excluding carboxylic acids is 1. The van der Waals surface area contributed by atoms with Gasteiger partial charge in [0, 0.05) is 10.8 Å². The summed E-state index contributed by atoms with van der Waals surface area (Å²) in [4.78, 5) is 11.3. The summed E-state index contributed by atoms with van der Waals surface area (Å²) in [5.74, 6) is 0.124. The maximum Gasteiger partial charge on any atom is 0.242 e. The fourth-order valence-corrected chi connectivity index (χ4v) is 1.48. The molecule has 1 amide bonds. The van der Waals surface area contributed by atoms with E-state index < -0.39 is 11.4 Å². The van der Waals surface area contributed by atoms with E-state index in [9.17, 15) is 4.79 Å². The molecular weight excluding hydrogens is 216 g/mol. The van der Waals surface area contributed by atoms with Crippen LogP contribution in [0.1, 0.15) is 13.8 Å². The summed E-state index contributed by atoms with van der Waals surface area (Å²) in [6.45, 7) is 3.41. The van der Waals surface area contributed by atoms with Gasteiger partial charge in [-0.3, -0.25) is 4.79 Å². The van der Waals surface area contributed by atoms with E-state index in [0.717, 1.165) is 10.8 Å². The van der Waals surface area contributed by atoms with E-state index in [1.165, 1.54) is 0 Å². The molecule has 0 spiro atoms. The molecule has 1 aromatic carbocycles. The SMILES string of the molecule is CC(C)(Nc1nncc2ccccc12)C(N)=O. The van der Waals surface area contributed by atoms with Crippen LogP contribution in [0.2, 0.25) is 0 Å². The monoisotopic (exact) mass is 230 g/mol. The molecule has 1 aromatic heterocycles. The topological polar surface area (TPSA) is 80.9 Å². The largest absolute Gasteiger partial charge is 0.368 e. The van der Waals surface area contributed by atoms with Gasteiger partial charge in [0.1, 0.15) is 5.54 Å². The Labute approximate surface area is 99.0 Å². The standard InChI is InChI=1S/C12H14N4O/c1-12(2,11(13)17)15-10-9-6-4-3-5-8(9)7-14-16-10/h3-7H,1-2H3,(H2,13,17)(H,15,16). The lowest BCUT2D eigenvalue weighted by molar-refractivity contribution is -0.121. The maximum absolute atomic E-state index is 11.3. The van der Waals surface area contributed by atoms with Gasteiger partial charge in [0.25, 0.3) is 0 Å². The normalized spacial score (nSPS) is 11.4. The predicted molar refractivity (Wildman–Crippen MR) is 66.4 cm³/mol. The van der Waals surface area contributed by atoms with Crippen molar-refractivity contribution in [3.63, 3.8) is 0 Å². The highest BCUT2D eigenvalue weighted by atomic mass is 16.1. The maximum atomic E-state index is 11.3. The minimum atomic E-state index is -0.862. The molecule has 3 N–H and O–H groups in total. The summed E-state index contributed by atoms with van der Waals surface area (Å²) in [6.07, 6.45) is 1.68. The third-order valence-corrected chi connectivity index (χ3v) is 2.62. The number of anilines is 1. The lowest BCUT2D eigenvalue weighted by Crippen LogP contribution is -2.45. The van der Waals surface area contributed by atoms with E-state index in [1.54, 1.807) is 20.0 Å². The van der Waals surface area contributed by atoms with Gasteiger partial charge in [-0.2, -0.15) is 5.10 Å². The van der Waals surface area contributed by atoms with Crippen LogP contribution in [0, 0.1) is 0 Å². The van der Waals surface area contributed by atoms with E-state index in [4.69, 9.17) is 5.73 Å². The third kappa shape index (κ3) is 2.18. The molecule has 0 atom stereocenters. The number of hydrogen-bond acceptors (Lipinski definition) is 4. The van der Waals surface area contributed by atoms with Crippen molar-refractivity contribution < 1.29 is 4.79 Å². The molecule has 0 radical (unpaired) electrons. The number of nitrogens with one attached hydrogen (secondary N) is 1. The van der Waals surface area contributed by atoms with Crippen molar-refractivity contribution in [2.45, 2.75) is 19.4 Å². The summed E-state index contributed by atoms with van der Waals surface area (Å²) in [5, 5.41) is 12.8. The zero-order chi connectivity index (χ0) is 12.5. The van der Waals surface area contributed by atoms with Gasteiger partial charge in [0.05, 0.1) is 6.20 Å². The molecule has 17 heavy (non-hydrogen) atoms. The Kier molecular flexibility index (Phi) is 2.67. The van der Waals surface area contributed by atoms with Crippen molar-refractivity contribution in [2.24, 2.45) is 5.73 Å². The molecule has 0 fully saturated rings. The van der Waals surface area contributed by atoms with Crippen LogP contribution in [0.3, 0.4) is 0 Å². The quantitative estimate of drug-likeness (QED) is 0.832. The van der Waals surface area contributed by atoms with E-state index >= 15 is 0 Å². The number of hydrogen-bond donors (Lipinski definition) is 2. The molecule has 1 heterocycles. The number of primary amides is 1. The second kappa shape index (κ2) is 4.01. The highest BCUT2D eigenvalue weighted by Crippen LogP contribution is 2.22. The van der Waals surface area contributed by atoms with Crippen LogP contribution in [0.25, 0.3) is 10.8 Å². The van der Waals surface area contributed by atoms with Gasteiger partial charge in [-0.1, -0.05) is 24.3 Å². The summed E-state index contributed by atoms with van der Waals surface area (Å²) >= 11 is 0. The second-order valence-corrected chi connectivity index (χ2v) is 4.39. The van der Waals surface area contributed by atoms with Crippen molar-refractivity contribution in [3.8, 4) is 0 Å². The van der Waals surface area contributed by atoms with E-state index in [0.29, 0.717) is 5.82 Å². The van der Waals surface area contributed by atoms with E-state index in [-0.39, 0.29) is 0 Å².